The van der Waals surface area contributed by atoms with Gasteiger partial charge in [-0.05, 0) is 48.9 Å². The number of hydrogen-bond acceptors (Lipinski definition) is 5. The van der Waals surface area contributed by atoms with E-state index < -0.39 is 6.04 Å². The third-order valence-corrected chi connectivity index (χ3v) is 4.64. The largest absolute Gasteiger partial charge is 0.497 e. The Labute approximate surface area is 187 Å². The fraction of sp³-hybridized carbons (Fsp3) is 0.200. The third-order valence-electron chi connectivity index (χ3n) is 4.64. The van der Waals surface area contributed by atoms with Gasteiger partial charge in [-0.3, -0.25) is 9.59 Å². The molecule has 0 bridgehead atoms. The van der Waals surface area contributed by atoms with Crippen LogP contribution in [0.25, 0.3) is 0 Å². The van der Waals surface area contributed by atoms with Crippen LogP contribution in [-0.4, -0.2) is 32.1 Å². The molecular weight excluding hydrogens is 406 g/mol. The van der Waals surface area contributed by atoms with Crippen molar-refractivity contribution >= 4 is 23.2 Å². The summed E-state index contributed by atoms with van der Waals surface area (Å²) >= 11 is 0. The quantitative estimate of drug-likeness (QED) is 0.450. The minimum atomic E-state index is -0.621. The lowest BCUT2D eigenvalue weighted by Crippen LogP contribution is -2.28. The average Bonchev–Trinajstić information content (AvgIpc) is 2.82. The summed E-state index contributed by atoms with van der Waals surface area (Å²) in [7, 11) is 1.58. The first kappa shape index (κ1) is 22.7. The van der Waals surface area contributed by atoms with Gasteiger partial charge in [0.25, 0.3) is 11.8 Å². The molecule has 0 aliphatic heterocycles. The van der Waals surface area contributed by atoms with Crippen molar-refractivity contribution in [1.82, 2.24) is 5.32 Å². The predicted molar refractivity (Wildman–Crippen MR) is 125 cm³/mol. The molecule has 0 aliphatic carbocycles. The summed E-state index contributed by atoms with van der Waals surface area (Å²) in [6.07, 6.45) is 0. The van der Waals surface area contributed by atoms with Crippen molar-refractivity contribution in [1.29, 1.82) is 0 Å². The fourth-order valence-corrected chi connectivity index (χ4v) is 3.07. The highest BCUT2D eigenvalue weighted by molar-refractivity contribution is 5.97. The lowest BCUT2D eigenvalue weighted by Gasteiger charge is -2.20. The molecule has 3 rings (SSSR count). The first-order chi connectivity index (χ1) is 15.6. The monoisotopic (exact) mass is 433 g/mol. The molecule has 0 heterocycles. The number of rotatable bonds is 10. The molecule has 32 heavy (non-hydrogen) atoms. The molecule has 3 N–H and O–H groups in total. The topological polar surface area (TPSA) is 88.7 Å². The minimum absolute atomic E-state index is 0.0454. The molecule has 3 aromatic rings. The number of methoxy groups -OCH3 is 1. The van der Waals surface area contributed by atoms with Gasteiger partial charge in [0.05, 0.1) is 7.11 Å². The van der Waals surface area contributed by atoms with Gasteiger partial charge in [-0.2, -0.15) is 0 Å². The van der Waals surface area contributed by atoms with Crippen molar-refractivity contribution in [2.75, 3.05) is 30.9 Å². The van der Waals surface area contributed by atoms with Crippen LogP contribution in [0.15, 0.2) is 78.9 Å². The molecule has 0 saturated carbocycles. The maximum atomic E-state index is 13.1. The van der Waals surface area contributed by atoms with Crippen LogP contribution in [0.1, 0.15) is 18.5 Å². The molecule has 0 aromatic heterocycles. The number of carbonyl (C=O) groups excluding carboxylic acids is 2. The smallest absolute Gasteiger partial charge is 0.257 e. The highest BCUT2D eigenvalue weighted by Gasteiger charge is 2.21. The van der Waals surface area contributed by atoms with E-state index in [4.69, 9.17) is 9.47 Å². The van der Waals surface area contributed by atoms with Crippen molar-refractivity contribution in [3.05, 3.63) is 84.4 Å². The molecule has 2 amide bonds. The SMILES string of the molecule is CCNC(=O)COc1ccc(NC(C(=O)Nc2cccc(OC)c2)c2ccccc2)cc1. The lowest BCUT2D eigenvalue weighted by atomic mass is 10.1. The van der Waals surface area contributed by atoms with Crippen LogP contribution in [0.4, 0.5) is 11.4 Å². The zero-order chi connectivity index (χ0) is 22.8. The van der Waals surface area contributed by atoms with E-state index in [1.807, 2.05) is 67.6 Å². The number of nitrogens with one attached hydrogen (secondary N) is 3. The number of hydrogen-bond donors (Lipinski definition) is 3. The first-order valence-electron chi connectivity index (χ1n) is 10.3. The molecule has 0 fully saturated rings. The first-order valence-corrected chi connectivity index (χ1v) is 10.3. The van der Waals surface area contributed by atoms with Crippen molar-refractivity contribution in [3.8, 4) is 11.5 Å². The van der Waals surface area contributed by atoms with Crippen LogP contribution in [-0.2, 0) is 9.59 Å². The van der Waals surface area contributed by atoms with Crippen LogP contribution >= 0.6 is 0 Å². The molecule has 0 radical (unpaired) electrons. The number of anilines is 2. The van der Waals surface area contributed by atoms with E-state index in [1.54, 1.807) is 25.3 Å². The van der Waals surface area contributed by atoms with E-state index in [1.165, 1.54) is 0 Å². The number of ether oxygens (including phenoxy) is 2. The normalized spacial score (nSPS) is 11.2. The summed E-state index contributed by atoms with van der Waals surface area (Å²) in [5.74, 6) is 0.850. The van der Waals surface area contributed by atoms with E-state index in [0.29, 0.717) is 23.7 Å². The number of benzene rings is 3. The number of carbonyl (C=O) groups is 2. The van der Waals surface area contributed by atoms with Crippen molar-refractivity contribution < 1.29 is 19.1 Å². The van der Waals surface area contributed by atoms with E-state index in [0.717, 1.165) is 11.3 Å². The zero-order valence-electron chi connectivity index (χ0n) is 18.1. The maximum Gasteiger partial charge on any atom is 0.257 e. The number of amides is 2. The van der Waals surface area contributed by atoms with Crippen molar-refractivity contribution in [3.63, 3.8) is 0 Å². The highest BCUT2D eigenvalue weighted by Crippen LogP contribution is 2.24. The van der Waals surface area contributed by atoms with Gasteiger partial charge in [-0.25, -0.2) is 0 Å². The summed E-state index contributed by atoms with van der Waals surface area (Å²) in [6, 6.07) is 23.2. The summed E-state index contributed by atoms with van der Waals surface area (Å²) in [6.45, 7) is 2.37. The second-order valence-corrected chi connectivity index (χ2v) is 6.98. The second kappa shape index (κ2) is 11.4. The predicted octanol–water partition coefficient (Wildman–Crippen LogP) is 4.00. The van der Waals surface area contributed by atoms with Crippen molar-refractivity contribution in [2.45, 2.75) is 13.0 Å². The van der Waals surface area contributed by atoms with Gasteiger partial charge in [-0.15, -0.1) is 0 Å². The molecule has 0 aliphatic rings. The van der Waals surface area contributed by atoms with Crippen LogP contribution in [0.5, 0.6) is 11.5 Å². The highest BCUT2D eigenvalue weighted by atomic mass is 16.5. The van der Waals surface area contributed by atoms with E-state index >= 15 is 0 Å². The van der Waals surface area contributed by atoms with Gasteiger partial charge in [0, 0.05) is 24.0 Å². The Kier molecular flexibility index (Phi) is 8.09. The van der Waals surface area contributed by atoms with Gasteiger partial charge in [0.15, 0.2) is 6.61 Å². The molecule has 166 valence electrons. The Morgan fingerprint density at radius 2 is 1.62 bits per heavy atom. The Morgan fingerprint density at radius 1 is 0.875 bits per heavy atom. The molecule has 1 atom stereocenters. The lowest BCUT2D eigenvalue weighted by molar-refractivity contribution is -0.123. The van der Waals surface area contributed by atoms with Crippen LogP contribution in [0, 0.1) is 0 Å². The molecule has 3 aromatic carbocycles. The van der Waals surface area contributed by atoms with E-state index in [2.05, 4.69) is 16.0 Å². The van der Waals surface area contributed by atoms with E-state index in [9.17, 15) is 9.59 Å². The Balaban J connectivity index is 1.72. The average molecular weight is 434 g/mol. The molecule has 1 unspecified atom stereocenters. The minimum Gasteiger partial charge on any atom is -0.497 e. The van der Waals surface area contributed by atoms with Gasteiger partial charge in [0.2, 0.25) is 0 Å². The fourth-order valence-electron chi connectivity index (χ4n) is 3.07. The maximum absolute atomic E-state index is 13.1. The summed E-state index contributed by atoms with van der Waals surface area (Å²) < 4.78 is 10.7. The summed E-state index contributed by atoms with van der Waals surface area (Å²) in [4.78, 5) is 24.7. The zero-order valence-corrected chi connectivity index (χ0v) is 18.1. The summed E-state index contributed by atoms with van der Waals surface area (Å²) in [5, 5.41) is 8.90. The number of likely N-dealkylation sites (N-methyl/N-ethyl adjacent to an activating group) is 1. The molecule has 7 heteroatoms. The second-order valence-electron chi connectivity index (χ2n) is 6.98. The van der Waals surface area contributed by atoms with E-state index in [-0.39, 0.29) is 18.4 Å². The molecule has 7 nitrogen and oxygen atoms in total. The molecule has 0 saturated heterocycles. The van der Waals surface area contributed by atoms with Crippen molar-refractivity contribution in [2.24, 2.45) is 0 Å². The Hall–Kier alpha value is -4.00. The van der Waals surface area contributed by atoms with Gasteiger partial charge in [-0.1, -0.05) is 36.4 Å². The Bertz CT molecular complexity index is 1020. The van der Waals surface area contributed by atoms with Gasteiger partial charge in [0.1, 0.15) is 17.5 Å². The Morgan fingerprint density at radius 3 is 2.31 bits per heavy atom. The molecular formula is C25H27N3O4. The molecule has 0 spiro atoms. The van der Waals surface area contributed by atoms with Crippen LogP contribution in [0.2, 0.25) is 0 Å². The van der Waals surface area contributed by atoms with Gasteiger partial charge < -0.3 is 25.4 Å². The van der Waals surface area contributed by atoms with Gasteiger partial charge >= 0.3 is 0 Å². The summed E-state index contributed by atoms with van der Waals surface area (Å²) in [5.41, 5.74) is 2.21. The van der Waals surface area contributed by atoms with Crippen LogP contribution < -0.4 is 25.4 Å². The van der Waals surface area contributed by atoms with Crippen LogP contribution in [0.3, 0.4) is 0 Å². The standard InChI is InChI=1S/C25H27N3O4/c1-3-26-23(29)17-32-21-14-12-19(13-15-21)27-24(18-8-5-4-6-9-18)25(30)28-20-10-7-11-22(16-20)31-2/h4-16,24,27H,3,17H2,1-2H3,(H,26,29)(H,28,30). The third kappa shape index (κ3) is 6.50.